The lowest BCUT2D eigenvalue weighted by atomic mass is 9.81. The number of rotatable bonds is 4. The van der Waals surface area contributed by atoms with E-state index in [1.165, 1.54) is 57.8 Å². The molecular weight excluding hydrogens is 208 g/mol. The highest BCUT2D eigenvalue weighted by molar-refractivity contribution is 5.79. The van der Waals surface area contributed by atoms with Crippen molar-refractivity contribution in [2.75, 3.05) is 0 Å². The maximum absolute atomic E-state index is 12.1. The van der Waals surface area contributed by atoms with E-state index in [4.69, 9.17) is 0 Å². The van der Waals surface area contributed by atoms with Gasteiger partial charge in [-0.3, -0.25) is 4.79 Å². The molecule has 0 N–H and O–H groups in total. The molecule has 0 radical (unpaired) electrons. The number of hydrogen-bond acceptors (Lipinski definition) is 1. The summed E-state index contributed by atoms with van der Waals surface area (Å²) in [6.07, 6.45) is 14.3. The molecule has 0 aliphatic heterocycles. The highest BCUT2D eigenvalue weighted by Gasteiger charge is 2.40. The van der Waals surface area contributed by atoms with Gasteiger partial charge < -0.3 is 0 Å². The van der Waals surface area contributed by atoms with Gasteiger partial charge in [0, 0.05) is 12.8 Å². The third-order valence-corrected chi connectivity index (χ3v) is 5.62. The molecule has 2 bridgehead atoms. The first kappa shape index (κ1) is 11.7. The van der Waals surface area contributed by atoms with Crippen molar-refractivity contribution < 1.29 is 4.79 Å². The molecule has 3 aliphatic carbocycles. The van der Waals surface area contributed by atoms with Crippen molar-refractivity contribution in [2.45, 2.75) is 70.6 Å². The third kappa shape index (κ3) is 2.74. The summed E-state index contributed by atoms with van der Waals surface area (Å²) in [5.74, 6) is 4.04. The van der Waals surface area contributed by atoms with E-state index < -0.39 is 0 Å². The van der Waals surface area contributed by atoms with Crippen LogP contribution in [0.4, 0.5) is 0 Å². The zero-order valence-electron chi connectivity index (χ0n) is 11.0. The second-order valence-electron chi connectivity index (χ2n) is 6.89. The van der Waals surface area contributed by atoms with Crippen LogP contribution in [0.5, 0.6) is 0 Å². The number of hydrogen-bond donors (Lipinski definition) is 0. The predicted octanol–water partition coefficient (Wildman–Crippen LogP) is 4.35. The molecule has 0 aromatic rings. The molecule has 96 valence electrons. The monoisotopic (exact) mass is 234 g/mol. The standard InChI is InChI=1S/C16H26O/c17-16(10-12-4-2-1-3-5-12)11-15-9-13-6-7-14(15)8-13/h12-15H,1-11H2. The van der Waals surface area contributed by atoms with Gasteiger partial charge in [0.15, 0.2) is 0 Å². The van der Waals surface area contributed by atoms with Crippen LogP contribution in [-0.2, 0) is 4.79 Å². The minimum absolute atomic E-state index is 0.592. The molecule has 1 nitrogen and oxygen atoms in total. The summed E-state index contributed by atoms with van der Waals surface area (Å²) in [7, 11) is 0. The van der Waals surface area contributed by atoms with Crippen LogP contribution < -0.4 is 0 Å². The van der Waals surface area contributed by atoms with E-state index in [0.717, 1.165) is 36.5 Å². The van der Waals surface area contributed by atoms with Crippen molar-refractivity contribution in [1.29, 1.82) is 0 Å². The zero-order chi connectivity index (χ0) is 11.7. The molecular formula is C16H26O. The average Bonchev–Trinajstić information content (AvgIpc) is 2.92. The van der Waals surface area contributed by atoms with E-state index in [2.05, 4.69) is 0 Å². The van der Waals surface area contributed by atoms with E-state index in [1.54, 1.807) is 0 Å². The van der Waals surface area contributed by atoms with E-state index in [1.807, 2.05) is 0 Å². The molecule has 1 heteroatoms. The second-order valence-corrected chi connectivity index (χ2v) is 6.89. The van der Waals surface area contributed by atoms with Gasteiger partial charge in [-0.25, -0.2) is 0 Å². The first-order valence-corrected chi connectivity index (χ1v) is 7.83. The molecule has 17 heavy (non-hydrogen) atoms. The van der Waals surface area contributed by atoms with Crippen LogP contribution in [-0.4, -0.2) is 5.78 Å². The Balaban J connectivity index is 1.44. The molecule has 0 spiro atoms. The summed E-state index contributed by atoms with van der Waals surface area (Å²) >= 11 is 0. The van der Waals surface area contributed by atoms with Crippen LogP contribution in [0.1, 0.15) is 70.6 Å². The minimum Gasteiger partial charge on any atom is -0.300 e. The van der Waals surface area contributed by atoms with Crippen LogP contribution in [0.2, 0.25) is 0 Å². The SMILES string of the molecule is O=C(CC1CCCCC1)CC1CC2CCC1C2. The summed E-state index contributed by atoms with van der Waals surface area (Å²) in [4.78, 5) is 12.1. The van der Waals surface area contributed by atoms with E-state index >= 15 is 0 Å². The maximum Gasteiger partial charge on any atom is 0.133 e. The molecule has 3 saturated carbocycles. The fourth-order valence-electron chi connectivity index (χ4n) is 4.72. The van der Waals surface area contributed by atoms with Crippen molar-refractivity contribution in [3.05, 3.63) is 0 Å². The van der Waals surface area contributed by atoms with Crippen molar-refractivity contribution in [3.8, 4) is 0 Å². The predicted molar refractivity (Wildman–Crippen MR) is 69.8 cm³/mol. The molecule has 0 amide bonds. The molecule has 3 unspecified atom stereocenters. The van der Waals surface area contributed by atoms with Gasteiger partial charge in [-0.1, -0.05) is 38.5 Å². The zero-order valence-corrected chi connectivity index (χ0v) is 11.0. The maximum atomic E-state index is 12.1. The third-order valence-electron chi connectivity index (χ3n) is 5.62. The van der Waals surface area contributed by atoms with E-state index in [0.29, 0.717) is 5.78 Å². The fraction of sp³-hybridized carbons (Fsp3) is 0.938. The van der Waals surface area contributed by atoms with Gasteiger partial charge in [0.1, 0.15) is 5.78 Å². The summed E-state index contributed by atoms with van der Waals surface area (Å²) < 4.78 is 0. The van der Waals surface area contributed by atoms with Crippen molar-refractivity contribution in [3.63, 3.8) is 0 Å². The summed E-state index contributed by atoms with van der Waals surface area (Å²) in [6.45, 7) is 0. The lowest BCUT2D eigenvalue weighted by Crippen LogP contribution is -2.18. The van der Waals surface area contributed by atoms with E-state index in [9.17, 15) is 4.79 Å². The molecule has 3 atom stereocenters. The summed E-state index contributed by atoms with van der Waals surface area (Å²) in [6, 6.07) is 0. The number of carbonyl (C=O) groups is 1. The highest BCUT2D eigenvalue weighted by atomic mass is 16.1. The fourth-order valence-corrected chi connectivity index (χ4v) is 4.72. The van der Waals surface area contributed by atoms with Gasteiger partial charge in [0.2, 0.25) is 0 Å². The lowest BCUT2D eigenvalue weighted by Gasteiger charge is -2.24. The molecule has 0 aromatic carbocycles. The van der Waals surface area contributed by atoms with Gasteiger partial charge in [-0.15, -0.1) is 0 Å². The van der Waals surface area contributed by atoms with Crippen LogP contribution in [0.3, 0.4) is 0 Å². The Labute approximate surface area is 105 Å². The minimum atomic E-state index is 0.592. The smallest absolute Gasteiger partial charge is 0.133 e. The molecule has 3 aliphatic rings. The lowest BCUT2D eigenvalue weighted by molar-refractivity contribution is -0.121. The molecule has 3 rings (SSSR count). The topological polar surface area (TPSA) is 17.1 Å². The molecule has 3 fully saturated rings. The first-order chi connectivity index (χ1) is 8.31. The molecule has 0 heterocycles. The normalized spacial score (nSPS) is 37.5. The van der Waals surface area contributed by atoms with Crippen molar-refractivity contribution >= 4 is 5.78 Å². The van der Waals surface area contributed by atoms with Crippen molar-refractivity contribution in [1.82, 2.24) is 0 Å². The Bertz CT molecular complexity index is 277. The van der Waals surface area contributed by atoms with Crippen LogP contribution in [0, 0.1) is 23.7 Å². The van der Waals surface area contributed by atoms with Gasteiger partial charge in [0.25, 0.3) is 0 Å². The Morgan fingerprint density at radius 3 is 2.35 bits per heavy atom. The van der Waals surface area contributed by atoms with Crippen LogP contribution in [0.15, 0.2) is 0 Å². The van der Waals surface area contributed by atoms with Gasteiger partial charge in [0.05, 0.1) is 0 Å². The molecule has 0 saturated heterocycles. The number of fused-ring (bicyclic) bond motifs is 2. The van der Waals surface area contributed by atoms with E-state index in [-0.39, 0.29) is 0 Å². The largest absolute Gasteiger partial charge is 0.300 e. The van der Waals surface area contributed by atoms with Gasteiger partial charge in [-0.05, 0) is 42.9 Å². The molecule has 0 aromatic heterocycles. The number of carbonyl (C=O) groups excluding carboxylic acids is 1. The Hall–Kier alpha value is -0.330. The van der Waals surface area contributed by atoms with Gasteiger partial charge >= 0.3 is 0 Å². The number of Topliss-reactive ketones (excluding diaryl/α,β-unsaturated/α-hetero) is 1. The number of ketones is 1. The van der Waals surface area contributed by atoms with Crippen LogP contribution in [0.25, 0.3) is 0 Å². The average molecular weight is 234 g/mol. The van der Waals surface area contributed by atoms with Crippen molar-refractivity contribution in [2.24, 2.45) is 23.7 Å². The van der Waals surface area contributed by atoms with Crippen LogP contribution >= 0.6 is 0 Å². The quantitative estimate of drug-likeness (QED) is 0.706. The Kier molecular flexibility index (Phi) is 3.54. The van der Waals surface area contributed by atoms with Gasteiger partial charge in [-0.2, -0.15) is 0 Å². The Morgan fingerprint density at radius 1 is 0.882 bits per heavy atom. The summed E-state index contributed by atoms with van der Waals surface area (Å²) in [5, 5.41) is 0. The summed E-state index contributed by atoms with van der Waals surface area (Å²) in [5.41, 5.74) is 0. The second kappa shape index (κ2) is 5.12. The first-order valence-electron chi connectivity index (χ1n) is 7.83. The highest BCUT2D eigenvalue weighted by Crippen LogP contribution is 2.49. The Morgan fingerprint density at radius 2 is 1.71 bits per heavy atom.